The molecule has 0 unspecified atom stereocenters. The summed E-state index contributed by atoms with van der Waals surface area (Å²) in [4.78, 5) is 4.37. The van der Waals surface area contributed by atoms with Crippen LogP contribution in [-0.4, -0.2) is 27.9 Å². The Labute approximate surface area is 124 Å². The van der Waals surface area contributed by atoms with E-state index in [9.17, 15) is 5.11 Å². The lowest BCUT2D eigenvalue weighted by Gasteiger charge is -2.01. The van der Waals surface area contributed by atoms with E-state index in [2.05, 4.69) is 31.4 Å². The highest BCUT2D eigenvalue weighted by Crippen LogP contribution is 2.25. The fraction of sp³-hybridized carbons (Fsp3) is 0.333. The average molecular weight is 347 g/mol. The van der Waals surface area contributed by atoms with Gasteiger partial charge in [-0.15, -0.1) is 12.4 Å². The van der Waals surface area contributed by atoms with E-state index in [1.165, 1.54) is 0 Å². The Morgan fingerprint density at radius 3 is 2.95 bits per heavy atom. The lowest BCUT2D eigenvalue weighted by molar-refractivity contribution is 0.191. The van der Waals surface area contributed by atoms with Crippen molar-refractivity contribution >= 4 is 28.3 Å². The van der Waals surface area contributed by atoms with Crippen LogP contribution in [0.15, 0.2) is 33.3 Å². The number of aliphatic hydroxyl groups excluding tert-OH is 1. The SMILES string of the molecule is Cl.O[C@H]1CN[C@@H](c2nc(-c3cccc(Br)c3)no2)C1. The third-order valence-corrected chi connectivity index (χ3v) is 3.42. The summed E-state index contributed by atoms with van der Waals surface area (Å²) < 4.78 is 6.21. The second-order valence-corrected chi connectivity index (χ2v) is 5.23. The van der Waals surface area contributed by atoms with Crippen LogP contribution < -0.4 is 5.32 Å². The van der Waals surface area contributed by atoms with Crippen molar-refractivity contribution in [1.29, 1.82) is 0 Å². The fourth-order valence-electron chi connectivity index (χ4n) is 2.03. The lowest BCUT2D eigenvalue weighted by Crippen LogP contribution is -2.15. The van der Waals surface area contributed by atoms with E-state index in [1.54, 1.807) is 0 Å². The molecule has 0 amide bonds. The second-order valence-electron chi connectivity index (χ2n) is 4.32. The molecule has 3 rings (SSSR count). The smallest absolute Gasteiger partial charge is 0.244 e. The number of hydrogen-bond donors (Lipinski definition) is 2. The number of nitrogens with zero attached hydrogens (tertiary/aromatic N) is 2. The van der Waals surface area contributed by atoms with E-state index in [0.717, 1.165) is 10.0 Å². The molecule has 0 radical (unpaired) electrons. The Bertz CT molecular complexity index is 563. The summed E-state index contributed by atoms with van der Waals surface area (Å²) in [5, 5.41) is 16.6. The minimum absolute atomic E-state index is 0. The first-order chi connectivity index (χ1) is 8.72. The zero-order valence-electron chi connectivity index (χ0n) is 9.91. The third-order valence-electron chi connectivity index (χ3n) is 2.93. The number of halogens is 2. The predicted octanol–water partition coefficient (Wildman–Crippen LogP) is 2.32. The summed E-state index contributed by atoms with van der Waals surface area (Å²) in [5.41, 5.74) is 0.901. The van der Waals surface area contributed by atoms with Crippen LogP contribution in [0.2, 0.25) is 0 Å². The van der Waals surface area contributed by atoms with Gasteiger partial charge >= 0.3 is 0 Å². The molecular formula is C12H13BrClN3O2. The van der Waals surface area contributed by atoms with E-state index < -0.39 is 0 Å². The molecule has 2 N–H and O–H groups in total. The van der Waals surface area contributed by atoms with Crippen LogP contribution >= 0.6 is 28.3 Å². The first-order valence-corrected chi connectivity index (χ1v) is 6.52. The number of benzene rings is 1. The molecule has 0 bridgehead atoms. The molecule has 2 heterocycles. The van der Waals surface area contributed by atoms with Gasteiger partial charge in [-0.1, -0.05) is 33.2 Å². The number of hydrogen-bond acceptors (Lipinski definition) is 5. The summed E-state index contributed by atoms with van der Waals surface area (Å²) in [6.07, 6.45) is 0.274. The zero-order valence-corrected chi connectivity index (χ0v) is 12.3. The van der Waals surface area contributed by atoms with Gasteiger partial charge in [0.1, 0.15) is 0 Å². The third kappa shape index (κ3) is 3.14. The van der Waals surface area contributed by atoms with Crippen LogP contribution in [-0.2, 0) is 0 Å². The van der Waals surface area contributed by atoms with Gasteiger partial charge in [0.25, 0.3) is 0 Å². The minimum Gasteiger partial charge on any atom is -0.392 e. The van der Waals surface area contributed by atoms with Gasteiger partial charge in [-0.2, -0.15) is 4.98 Å². The average Bonchev–Trinajstić information content (AvgIpc) is 2.97. The highest BCUT2D eigenvalue weighted by Gasteiger charge is 2.28. The van der Waals surface area contributed by atoms with Crippen molar-refractivity contribution in [2.24, 2.45) is 0 Å². The molecule has 2 atom stereocenters. The number of aliphatic hydroxyl groups is 1. The Hall–Kier alpha value is -0.950. The molecule has 7 heteroatoms. The van der Waals surface area contributed by atoms with Gasteiger partial charge in [0.2, 0.25) is 11.7 Å². The molecule has 102 valence electrons. The highest BCUT2D eigenvalue weighted by atomic mass is 79.9. The van der Waals surface area contributed by atoms with E-state index >= 15 is 0 Å². The van der Waals surface area contributed by atoms with Crippen LogP contribution in [0, 0.1) is 0 Å². The maximum atomic E-state index is 9.46. The molecule has 1 saturated heterocycles. The van der Waals surface area contributed by atoms with Gasteiger partial charge in [0.05, 0.1) is 12.1 Å². The Morgan fingerprint density at radius 1 is 1.42 bits per heavy atom. The second kappa shape index (κ2) is 6.00. The molecule has 0 spiro atoms. The molecular weight excluding hydrogens is 334 g/mol. The zero-order chi connectivity index (χ0) is 12.5. The molecule has 2 aromatic rings. The standard InChI is InChI=1S/C12H12BrN3O2.ClH/c13-8-3-1-2-7(4-8)11-15-12(18-16-11)10-5-9(17)6-14-10;/h1-4,9-10,14,17H,5-6H2;1H/t9-,10-;/m1./s1. The van der Waals surface area contributed by atoms with Gasteiger partial charge in [0, 0.05) is 16.6 Å². The number of rotatable bonds is 2. The summed E-state index contributed by atoms with van der Waals surface area (Å²) >= 11 is 3.41. The van der Waals surface area contributed by atoms with Crippen molar-refractivity contribution < 1.29 is 9.63 Å². The largest absolute Gasteiger partial charge is 0.392 e. The lowest BCUT2D eigenvalue weighted by atomic mass is 10.2. The van der Waals surface area contributed by atoms with Crippen molar-refractivity contribution in [2.45, 2.75) is 18.6 Å². The first-order valence-electron chi connectivity index (χ1n) is 5.73. The van der Waals surface area contributed by atoms with Crippen molar-refractivity contribution in [2.75, 3.05) is 6.54 Å². The van der Waals surface area contributed by atoms with Gasteiger partial charge in [0.15, 0.2) is 0 Å². The van der Waals surface area contributed by atoms with Crippen molar-refractivity contribution in [1.82, 2.24) is 15.5 Å². The first kappa shape index (κ1) is 14.5. The molecule has 19 heavy (non-hydrogen) atoms. The van der Waals surface area contributed by atoms with E-state index in [0.29, 0.717) is 24.7 Å². The minimum atomic E-state index is -0.337. The van der Waals surface area contributed by atoms with Crippen LogP contribution in [0.4, 0.5) is 0 Å². The Morgan fingerprint density at radius 2 is 2.26 bits per heavy atom. The number of nitrogens with one attached hydrogen (secondary N) is 1. The summed E-state index contributed by atoms with van der Waals surface area (Å²) in [5.74, 6) is 1.09. The van der Waals surface area contributed by atoms with Gasteiger partial charge in [-0.05, 0) is 18.6 Å². The molecule has 0 aliphatic carbocycles. The van der Waals surface area contributed by atoms with Crippen LogP contribution in [0.5, 0.6) is 0 Å². The number of β-amino-alcohol motifs (C(OH)–C–C–N with tert-alkyl or cyclic N) is 1. The highest BCUT2D eigenvalue weighted by molar-refractivity contribution is 9.10. The summed E-state index contributed by atoms with van der Waals surface area (Å²) in [6, 6.07) is 7.68. The van der Waals surface area contributed by atoms with Crippen molar-refractivity contribution in [3.05, 3.63) is 34.6 Å². The Kier molecular flexibility index (Phi) is 4.57. The van der Waals surface area contributed by atoms with E-state index in [-0.39, 0.29) is 24.6 Å². The van der Waals surface area contributed by atoms with Gasteiger partial charge in [-0.25, -0.2) is 0 Å². The van der Waals surface area contributed by atoms with E-state index in [4.69, 9.17) is 4.52 Å². The molecule has 1 fully saturated rings. The summed E-state index contributed by atoms with van der Waals surface area (Å²) in [6.45, 7) is 0.569. The topological polar surface area (TPSA) is 71.2 Å². The van der Waals surface area contributed by atoms with Gasteiger partial charge in [-0.3, -0.25) is 0 Å². The molecule has 1 aliphatic rings. The Balaban J connectivity index is 0.00000133. The van der Waals surface area contributed by atoms with Gasteiger partial charge < -0.3 is 14.9 Å². The maximum absolute atomic E-state index is 9.46. The molecule has 5 nitrogen and oxygen atoms in total. The van der Waals surface area contributed by atoms with Crippen molar-refractivity contribution in [3.63, 3.8) is 0 Å². The van der Waals surface area contributed by atoms with Crippen LogP contribution in [0.1, 0.15) is 18.4 Å². The molecule has 1 aliphatic heterocycles. The van der Waals surface area contributed by atoms with Crippen LogP contribution in [0.25, 0.3) is 11.4 Å². The molecule has 0 saturated carbocycles. The quantitative estimate of drug-likeness (QED) is 0.873. The predicted molar refractivity (Wildman–Crippen MR) is 76.0 cm³/mol. The molecule has 1 aromatic heterocycles. The fourth-order valence-corrected chi connectivity index (χ4v) is 2.43. The van der Waals surface area contributed by atoms with Crippen LogP contribution in [0.3, 0.4) is 0 Å². The monoisotopic (exact) mass is 345 g/mol. The maximum Gasteiger partial charge on any atom is 0.244 e. The van der Waals surface area contributed by atoms with E-state index in [1.807, 2.05) is 24.3 Å². The molecule has 1 aromatic carbocycles. The summed E-state index contributed by atoms with van der Waals surface area (Å²) in [7, 11) is 0. The van der Waals surface area contributed by atoms with Crippen molar-refractivity contribution in [3.8, 4) is 11.4 Å². The normalized spacial score (nSPS) is 22.2. The number of aromatic nitrogens is 2.